The van der Waals surface area contributed by atoms with Gasteiger partial charge in [-0.25, -0.2) is 18.4 Å². The molecule has 34 heavy (non-hydrogen) atoms. The summed E-state index contributed by atoms with van der Waals surface area (Å²) >= 11 is 0. The number of ether oxygens (including phenoxy) is 1. The molecular weight excluding hydrogens is 456 g/mol. The van der Waals surface area contributed by atoms with Gasteiger partial charge in [-0.1, -0.05) is 12.1 Å². The minimum atomic E-state index is -3.56. The van der Waals surface area contributed by atoms with Crippen LogP contribution in [-0.2, 0) is 14.8 Å². The molecule has 4 aromatic rings. The van der Waals surface area contributed by atoms with E-state index in [1.807, 2.05) is 34.9 Å². The average molecular weight is 483 g/mol. The lowest BCUT2D eigenvalue weighted by Gasteiger charge is -2.26. The highest BCUT2D eigenvalue weighted by Gasteiger charge is 2.31. The molecule has 178 valence electrons. The van der Waals surface area contributed by atoms with Crippen molar-refractivity contribution in [2.24, 2.45) is 5.92 Å². The zero-order valence-electron chi connectivity index (χ0n) is 18.9. The van der Waals surface area contributed by atoms with E-state index in [0.29, 0.717) is 37.2 Å². The predicted octanol–water partition coefficient (Wildman–Crippen LogP) is 2.82. The lowest BCUT2D eigenvalue weighted by Crippen LogP contribution is -2.36. The summed E-state index contributed by atoms with van der Waals surface area (Å²) in [7, 11) is -1.93. The van der Waals surface area contributed by atoms with Crippen LogP contribution in [0, 0.1) is 5.92 Å². The zero-order valence-corrected chi connectivity index (χ0v) is 19.7. The smallest absolute Gasteiger partial charge is 0.236 e. The number of fused-ring (bicyclic) bond motifs is 2. The standard InChI is InChI=1S/C23H26N6O4S/c1-33-17-5-3-4-15-12-16(26-18(15)17)19-20-21(24)25-10-11-29(20)22(27-19)13-6-8-14(9-7-13)23(30)28-34(2,31)32/h3-5,10-14,26H,6-9H2,1-2H3,(H2,24,25)(H,28,30)/t13-,14-. The molecule has 1 saturated carbocycles. The summed E-state index contributed by atoms with van der Waals surface area (Å²) in [5.74, 6) is 1.31. The van der Waals surface area contributed by atoms with E-state index in [2.05, 4.69) is 14.7 Å². The number of hydrogen-bond donors (Lipinski definition) is 3. The number of sulfonamides is 1. The highest BCUT2D eigenvalue weighted by atomic mass is 32.2. The Labute approximate surface area is 196 Å². The molecule has 5 rings (SSSR count). The van der Waals surface area contributed by atoms with Gasteiger partial charge in [-0.2, -0.15) is 0 Å². The van der Waals surface area contributed by atoms with Crippen LogP contribution in [0.4, 0.5) is 5.82 Å². The molecule has 1 aliphatic rings. The number of nitrogens with one attached hydrogen (secondary N) is 2. The number of rotatable bonds is 5. The molecule has 1 fully saturated rings. The van der Waals surface area contributed by atoms with Crippen molar-refractivity contribution in [3.05, 3.63) is 42.5 Å². The van der Waals surface area contributed by atoms with Gasteiger partial charge in [0.1, 0.15) is 28.6 Å². The van der Waals surface area contributed by atoms with Gasteiger partial charge in [0, 0.05) is 29.6 Å². The lowest BCUT2D eigenvalue weighted by molar-refractivity contribution is -0.124. The van der Waals surface area contributed by atoms with E-state index in [4.69, 9.17) is 15.5 Å². The van der Waals surface area contributed by atoms with Crippen LogP contribution < -0.4 is 15.2 Å². The van der Waals surface area contributed by atoms with Crippen LogP contribution in [0.5, 0.6) is 5.75 Å². The van der Waals surface area contributed by atoms with Crippen LogP contribution >= 0.6 is 0 Å². The average Bonchev–Trinajstić information content (AvgIpc) is 3.40. The number of para-hydroxylation sites is 1. The van der Waals surface area contributed by atoms with E-state index in [1.165, 1.54) is 0 Å². The molecule has 0 radical (unpaired) electrons. The number of H-pyrrole nitrogens is 1. The Hall–Kier alpha value is -3.60. The molecule has 0 atom stereocenters. The number of methoxy groups -OCH3 is 1. The fourth-order valence-electron chi connectivity index (χ4n) is 4.87. The molecule has 3 heterocycles. The Morgan fingerprint density at radius 1 is 1.26 bits per heavy atom. The second kappa shape index (κ2) is 8.32. The van der Waals surface area contributed by atoms with Gasteiger partial charge >= 0.3 is 0 Å². The number of nitrogens with zero attached hydrogens (tertiary/aromatic N) is 3. The van der Waals surface area contributed by atoms with Crippen molar-refractivity contribution in [3.63, 3.8) is 0 Å². The number of nitrogen functional groups attached to an aromatic ring is 1. The third kappa shape index (κ3) is 3.96. The maximum atomic E-state index is 12.3. The summed E-state index contributed by atoms with van der Waals surface area (Å²) in [6.07, 6.45) is 7.08. The molecule has 0 saturated heterocycles. The molecule has 1 aromatic carbocycles. The Bertz CT molecular complexity index is 1500. The van der Waals surface area contributed by atoms with Crippen LogP contribution in [0.3, 0.4) is 0 Å². The summed E-state index contributed by atoms with van der Waals surface area (Å²) in [5.41, 5.74) is 9.40. The third-order valence-corrected chi connectivity index (χ3v) is 7.02. The third-order valence-electron chi connectivity index (χ3n) is 6.45. The number of aromatic nitrogens is 4. The van der Waals surface area contributed by atoms with Crippen molar-refractivity contribution in [3.8, 4) is 17.1 Å². The van der Waals surface area contributed by atoms with E-state index in [1.54, 1.807) is 13.3 Å². The van der Waals surface area contributed by atoms with Crippen molar-refractivity contribution < 1.29 is 17.9 Å². The summed E-state index contributed by atoms with van der Waals surface area (Å²) in [6, 6.07) is 7.85. The van der Waals surface area contributed by atoms with Gasteiger partial charge in [0.2, 0.25) is 15.9 Å². The van der Waals surface area contributed by atoms with Crippen LogP contribution in [0.15, 0.2) is 36.7 Å². The number of benzene rings is 1. The number of carbonyl (C=O) groups is 1. The fourth-order valence-corrected chi connectivity index (χ4v) is 5.40. The minimum Gasteiger partial charge on any atom is -0.495 e. The van der Waals surface area contributed by atoms with Crippen LogP contribution in [0.1, 0.15) is 37.4 Å². The molecule has 3 aromatic heterocycles. The van der Waals surface area contributed by atoms with Gasteiger partial charge < -0.3 is 15.5 Å². The van der Waals surface area contributed by atoms with Crippen LogP contribution in [0.25, 0.3) is 27.8 Å². The van der Waals surface area contributed by atoms with Gasteiger partial charge in [0.15, 0.2) is 0 Å². The number of carbonyl (C=O) groups excluding carboxylic acids is 1. The topological polar surface area (TPSA) is 144 Å². The predicted molar refractivity (Wildman–Crippen MR) is 129 cm³/mol. The van der Waals surface area contributed by atoms with Crippen LogP contribution in [0.2, 0.25) is 0 Å². The molecule has 0 spiro atoms. The van der Waals surface area contributed by atoms with E-state index >= 15 is 0 Å². The Kier molecular flexibility index (Phi) is 5.43. The van der Waals surface area contributed by atoms with Gasteiger partial charge in [-0.05, 0) is 37.8 Å². The van der Waals surface area contributed by atoms with Crippen LogP contribution in [-0.4, -0.2) is 47.0 Å². The molecular formula is C23H26N6O4S. The number of imidazole rings is 1. The lowest BCUT2D eigenvalue weighted by atomic mass is 9.81. The SMILES string of the molecule is COc1cccc2cc(-c3nc([C@H]4CC[C@H](C(=O)NS(C)(=O)=O)CC4)n4ccnc(N)c34)[nH]c12. The summed E-state index contributed by atoms with van der Waals surface area (Å²) < 4.78 is 32.4. The van der Waals surface area contributed by atoms with E-state index in [9.17, 15) is 13.2 Å². The van der Waals surface area contributed by atoms with Crippen molar-refractivity contribution in [1.29, 1.82) is 0 Å². The first kappa shape index (κ1) is 22.2. The van der Waals surface area contributed by atoms with Gasteiger partial charge in [-0.15, -0.1) is 0 Å². The first-order valence-corrected chi connectivity index (χ1v) is 12.9. The summed E-state index contributed by atoms with van der Waals surface area (Å²) in [5, 5.41) is 0.997. The number of anilines is 1. The molecule has 4 N–H and O–H groups in total. The first-order valence-electron chi connectivity index (χ1n) is 11.1. The molecule has 0 bridgehead atoms. The van der Waals surface area contributed by atoms with E-state index in [-0.39, 0.29) is 11.8 Å². The molecule has 11 heteroatoms. The monoisotopic (exact) mass is 482 g/mol. The quantitative estimate of drug-likeness (QED) is 0.397. The Morgan fingerprint density at radius 2 is 2.03 bits per heavy atom. The molecule has 1 aliphatic carbocycles. The van der Waals surface area contributed by atoms with Crippen molar-refractivity contribution in [2.45, 2.75) is 31.6 Å². The van der Waals surface area contributed by atoms with Gasteiger partial charge in [-0.3, -0.25) is 13.9 Å². The maximum absolute atomic E-state index is 12.3. The molecule has 0 unspecified atom stereocenters. The van der Waals surface area contributed by atoms with E-state index in [0.717, 1.165) is 39.9 Å². The highest BCUT2D eigenvalue weighted by molar-refractivity contribution is 7.89. The number of hydrogen-bond acceptors (Lipinski definition) is 7. The normalized spacial score (nSPS) is 18.9. The summed E-state index contributed by atoms with van der Waals surface area (Å²) in [4.78, 5) is 25.0. The van der Waals surface area contributed by atoms with Gasteiger partial charge in [0.25, 0.3) is 0 Å². The zero-order chi connectivity index (χ0) is 24.0. The number of amides is 1. The number of aromatic amines is 1. The molecule has 10 nitrogen and oxygen atoms in total. The van der Waals surface area contributed by atoms with Crippen molar-refractivity contribution >= 4 is 38.2 Å². The fraction of sp³-hybridized carbons (Fsp3) is 0.348. The molecule has 1 amide bonds. The largest absolute Gasteiger partial charge is 0.495 e. The first-order chi connectivity index (χ1) is 16.2. The highest BCUT2D eigenvalue weighted by Crippen LogP contribution is 2.39. The van der Waals surface area contributed by atoms with Gasteiger partial charge in [0.05, 0.1) is 24.6 Å². The second-order valence-electron chi connectivity index (χ2n) is 8.74. The van der Waals surface area contributed by atoms with Crippen molar-refractivity contribution in [1.82, 2.24) is 24.1 Å². The Balaban J connectivity index is 1.50. The Morgan fingerprint density at radius 3 is 2.74 bits per heavy atom. The van der Waals surface area contributed by atoms with Crippen molar-refractivity contribution in [2.75, 3.05) is 19.1 Å². The summed E-state index contributed by atoms with van der Waals surface area (Å²) in [6.45, 7) is 0. The van der Waals surface area contributed by atoms with E-state index < -0.39 is 15.9 Å². The minimum absolute atomic E-state index is 0.101. The maximum Gasteiger partial charge on any atom is 0.236 e. The number of nitrogens with two attached hydrogens (primary N) is 1. The second-order valence-corrected chi connectivity index (χ2v) is 10.5. The molecule has 0 aliphatic heterocycles.